The molecule has 3 N–H and O–H groups in total. The average molecular weight is 366 g/mol. The van der Waals surface area contributed by atoms with Gasteiger partial charge in [-0.1, -0.05) is 18.2 Å². The number of para-hydroxylation sites is 1. The van der Waals surface area contributed by atoms with Crippen LogP contribution in [0.4, 0.5) is 17.1 Å². The number of nitrogens with zero attached hydrogens (tertiary/aromatic N) is 1. The van der Waals surface area contributed by atoms with Crippen LogP contribution < -0.4 is 10.6 Å². The maximum Gasteiger partial charge on any atom is 0.228 e. The summed E-state index contributed by atoms with van der Waals surface area (Å²) in [4.78, 5) is 15.6. The van der Waals surface area contributed by atoms with Gasteiger partial charge in [0.25, 0.3) is 0 Å². The Balaban J connectivity index is 1.38. The van der Waals surface area contributed by atoms with Crippen molar-refractivity contribution in [3.63, 3.8) is 0 Å². The Hall–Kier alpha value is -4.04. The molecule has 0 aliphatic heterocycles. The first-order chi connectivity index (χ1) is 13.7. The van der Waals surface area contributed by atoms with Gasteiger partial charge in [-0.2, -0.15) is 5.26 Å². The van der Waals surface area contributed by atoms with Crippen LogP contribution in [0.2, 0.25) is 0 Å². The molecule has 0 bridgehead atoms. The smallest absolute Gasteiger partial charge is 0.228 e. The summed E-state index contributed by atoms with van der Waals surface area (Å²) in [6.45, 7) is 0. The van der Waals surface area contributed by atoms with Crippen LogP contribution in [-0.2, 0) is 11.2 Å². The summed E-state index contributed by atoms with van der Waals surface area (Å²) in [6.07, 6.45) is 2.20. The maximum atomic E-state index is 12.4. The highest BCUT2D eigenvalue weighted by Crippen LogP contribution is 2.21. The van der Waals surface area contributed by atoms with Gasteiger partial charge in [-0.3, -0.25) is 4.79 Å². The van der Waals surface area contributed by atoms with E-state index in [2.05, 4.69) is 21.7 Å². The third-order valence-electron chi connectivity index (χ3n) is 4.50. The van der Waals surface area contributed by atoms with Crippen LogP contribution in [0.25, 0.3) is 10.9 Å². The highest BCUT2D eigenvalue weighted by atomic mass is 16.1. The summed E-state index contributed by atoms with van der Waals surface area (Å²) >= 11 is 0. The molecule has 0 spiro atoms. The standard InChI is InChI=1S/C23H18N4O/c24-14-16-5-7-18(8-6-16)26-19-9-11-20(12-10-19)27-23(28)13-17-15-25-22-4-2-1-3-21(17)22/h1-12,15,25-26H,13H2,(H,27,28). The SMILES string of the molecule is N#Cc1ccc(Nc2ccc(NC(=O)Cc3c[nH]c4ccccc34)cc2)cc1. The number of nitrogens with one attached hydrogen (secondary N) is 3. The molecule has 0 fully saturated rings. The summed E-state index contributed by atoms with van der Waals surface area (Å²) in [5.41, 5.74) is 5.18. The molecule has 1 heterocycles. The molecule has 0 aliphatic rings. The van der Waals surface area contributed by atoms with Crippen LogP contribution >= 0.6 is 0 Å². The highest BCUT2D eigenvalue weighted by Gasteiger charge is 2.09. The number of anilines is 3. The zero-order valence-electron chi connectivity index (χ0n) is 15.1. The van der Waals surface area contributed by atoms with Gasteiger partial charge in [0.15, 0.2) is 0 Å². The molecule has 0 atom stereocenters. The third kappa shape index (κ3) is 3.87. The zero-order chi connectivity index (χ0) is 19.3. The third-order valence-corrected chi connectivity index (χ3v) is 4.50. The predicted octanol–water partition coefficient (Wildman–Crippen LogP) is 4.96. The monoisotopic (exact) mass is 366 g/mol. The number of amides is 1. The molecule has 28 heavy (non-hydrogen) atoms. The first kappa shape index (κ1) is 17.4. The second-order valence-corrected chi connectivity index (χ2v) is 6.48. The molecule has 3 aromatic carbocycles. The van der Waals surface area contributed by atoms with Gasteiger partial charge in [0.2, 0.25) is 5.91 Å². The quantitative estimate of drug-likeness (QED) is 0.467. The topological polar surface area (TPSA) is 80.7 Å². The molecule has 0 saturated heterocycles. The van der Waals surface area contributed by atoms with Gasteiger partial charge in [-0.05, 0) is 60.2 Å². The maximum absolute atomic E-state index is 12.4. The number of aromatic nitrogens is 1. The number of carbonyl (C=O) groups is 1. The molecule has 5 heteroatoms. The van der Waals surface area contributed by atoms with Gasteiger partial charge >= 0.3 is 0 Å². The number of rotatable bonds is 5. The number of aromatic amines is 1. The minimum Gasteiger partial charge on any atom is -0.361 e. The fourth-order valence-electron chi connectivity index (χ4n) is 3.09. The van der Waals surface area contributed by atoms with Crippen LogP contribution in [0.3, 0.4) is 0 Å². The van der Waals surface area contributed by atoms with Crippen LogP contribution in [0, 0.1) is 11.3 Å². The van der Waals surface area contributed by atoms with Crippen molar-refractivity contribution >= 4 is 33.9 Å². The van der Waals surface area contributed by atoms with Gasteiger partial charge in [0.1, 0.15) is 0 Å². The second-order valence-electron chi connectivity index (χ2n) is 6.48. The van der Waals surface area contributed by atoms with Gasteiger partial charge in [0.05, 0.1) is 18.1 Å². The molecule has 5 nitrogen and oxygen atoms in total. The lowest BCUT2D eigenvalue weighted by Crippen LogP contribution is -2.14. The molecule has 0 aliphatic carbocycles. The lowest BCUT2D eigenvalue weighted by molar-refractivity contribution is -0.115. The minimum absolute atomic E-state index is 0.0578. The second kappa shape index (κ2) is 7.68. The Morgan fingerprint density at radius 2 is 1.54 bits per heavy atom. The van der Waals surface area contributed by atoms with Crippen molar-refractivity contribution in [1.82, 2.24) is 4.98 Å². The van der Waals surface area contributed by atoms with Gasteiger partial charge in [-0.15, -0.1) is 0 Å². The van der Waals surface area contributed by atoms with Crippen molar-refractivity contribution in [3.05, 3.63) is 90.1 Å². The Morgan fingerprint density at radius 1 is 0.893 bits per heavy atom. The van der Waals surface area contributed by atoms with Crippen molar-refractivity contribution in [2.45, 2.75) is 6.42 Å². The number of H-pyrrole nitrogens is 1. The Morgan fingerprint density at radius 3 is 2.25 bits per heavy atom. The largest absolute Gasteiger partial charge is 0.361 e. The number of nitriles is 1. The fourth-order valence-corrected chi connectivity index (χ4v) is 3.09. The van der Waals surface area contributed by atoms with E-state index in [0.29, 0.717) is 12.0 Å². The average Bonchev–Trinajstić information content (AvgIpc) is 3.13. The van der Waals surface area contributed by atoms with E-state index < -0.39 is 0 Å². The summed E-state index contributed by atoms with van der Waals surface area (Å²) in [7, 11) is 0. The lowest BCUT2D eigenvalue weighted by Gasteiger charge is -2.09. The van der Waals surface area contributed by atoms with Crippen molar-refractivity contribution < 1.29 is 4.79 Å². The number of hydrogen-bond donors (Lipinski definition) is 3. The minimum atomic E-state index is -0.0578. The number of fused-ring (bicyclic) bond motifs is 1. The van der Waals surface area contributed by atoms with Crippen molar-refractivity contribution in [2.24, 2.45) is 0 Å². The van der Waals surface area contributed by atoms with Crippen LogP contribution in [0.5, 0.6) is 0 Å². The van der Waals surface area contributed by atoms with E-state index in [1.165, 1.54) is 0 Å². The molecule has 0 radical (unpaired) electrons. The lowest BCUT2D eigenvalue weighted by atomic mass is 10.1. The van der Waals surface area contributed by atoms with E-state index in [1.54, 1.807) is 12.1 Å². The first-order valence-corrected chi connectivity index (χ1v) is 8.93. The number of carbonyl (C=O) groups excluding carboxylic acids is 1. The Bertz CT molecular complexity index is 1150. The molecular weight excluding hydrogens is 348 g/mol. The fraction of sp³-hybridized carbons (Fsp3) is 0.0435. The van der Waals surface area contributed by atoms with E-state index >= 15 is 0 Å². The molecule has 1 amide bonds. The first-order valence-electron chi connectivity index (χ1n) is 8.93. The molecule has 4 aromatic rings. The van der Waals surface area contributed by atoms with E-state index in [-0.39, 0.29) is 5.91 Å². The van der Waals surface area contributed by atoms with Gasteiger partial charge < -0.3 is 15.6 Å². The van der Waals surface area contributed by atoms with Crippen LogP contribution in [0.1, 0.15) is 11.1 Å². The van der Waals surface area contributed by atoms with E-state index in [4.69, 9.17) is 5.26 Å². The number of hydrogen-bond acceptors (Lipinski definition) is 3. The summed E-state index contributed by atoms with van der Waals surface area (Å²) in [6, 6.07) is 24.8. The van der Waals surface area contributed by atoms with Crippen molar-refractivity contribution in [2.75, 3.05) is 10.6 Å². The van der Waals surface area contributed by atoms with Gasteiger partial charge in [-0.25, -0.2) is 0 Å². The normalized spacial score (nSPS) is 10.4. The van der Waals surface area contributed by atoms with Crippen LogP contribution in [-0.4, -0.2) is 10.9 Å². The summed E-state index contributed by atoms with van der Waals surface area (Å²) in [5.74, 6) is -0.0578. The van der Waals surface area contributed by atoms with Crippen LogP contribution in [0.15, 0.2) is 79.0 Å². The van der Waals surface area contributed by atoms with Gasteiger partial charge in [0, 0.05) is 34.2 Å². The molecule has 0 unspecified atom stereocenters. The molecular formula is C23H18N4O. The summed E-state index contributed by atoms with van der Waals surface area (Å²) in [5, 5.41) is 16.1. The van der Waals surface area contributed by atoms with Crippen molar-refractivity contribution in [3.8, 4) is 6.07 Å². The number of benzene rings is 3. The highest BCUT2D eigenvalue weighted by molar-refractivity contribution is 5.95. The zero-order valence-corrected chi connectivity index (χ0v) is 15.1. The molecule has 1 aromatic heterocycles. The van der Waals surface area contributed by atoms with E-state index in [1.807, 2.05) is 66.9 Å². The Labute approximate surface area is 162 Å². The van der Waals surface area contributed by atoms with Crippen molar-refractivity contribution in [1.29, 1.82) is 5.26 Å². The molecule has 4 rings (SSSR count). The predicted molar refractivity (Wildman–Crippen MR) is 112 cm³/mol. The summed E-state index contributed by atoms with van der Waals surface area (Å²) < 4.78 is 0. The van der Waals surface area contributed by atoms with E-state index in [9.17, 15) is 4.79 Å². The molecule has 0 saturated carbocycles. The van der Waals surface area contributed by atoms with E-state index in [0.717, 1.165) is 33.5 Å². The Kier molecular flexibility index (Phi) is 4.77. The molecule has 136 valence electrons.